The van der Waals surface area contributed by atoms with Gasteiger partial charge in [0.1, 0.15) is 5.82 Å². The molecule has 0 aliphatic rings. The summed E-state index contributed by atoms with van der Waals surface area (Å²) in [7, 11) is -4.50. The van der Waals surface area contributed by atoms with Crippen molar-refractivity contribution in [2.24, 2.45) is 0 Å². The van der Waals surface area contributed by atoms with Gasteiger partial charge in [-0.3, -0.25) is 4.72 Å². The van der Waals surface area contributed by atoms with Crippen molar-refractivity contribution in [3.05, 3.63) is 40.8 Å². The minimum atomic E-state index is -4.50. The number of aromatic nitrogens is 1. The first-order valence-electron chi connectivity index (χ1n) is 5.06. The Morgan fingerprint density at radius 2 is 1.81 bits per heavy atom. The molecule has 2 rings (SSSR count). The molecule has 0 bridgehead atoms. The van der Waals surface area contributed by atoms with Crippen molar-refractivity contribution >= 4 is 33.0 Å². The summed E-state index contributed by atoms with van der Waals surface area (Å²) in [6.07, 6.45) is 0. The highest BCUT2D eigenvalue weighted by atomic mass is 32.2. The summed E-state index contributed by atoms with van der Waals surface area (Å²) in [4.78, 5) is 14.2. The fourth-order valence-electron chi connectivity index (χ4n) is 1.36. The number of sulfonamides is 1. The minimum Gasteiger partial charge on any atom is -0.476 e. The Bertz CT molecular complexity index is 820. The highest BCUT2D eigenvalue weighted by molar-refractivity contribution is 7.94. The van der Waals surface area contributed by atoms with Crippen LogP contribution in [0.3, 0.4) is 0 Å². The average Bonchev–Trinajstić information content (AvgIpc) is 2.85. The maximum absolute atomic E-state index is 13.4. The Morgan fingerprint density at radius 3 is 2.43 bits per heavy atom. The number of carboxylic acid groups (broad SMARTS) is 1. The molecule has 0 radical (unpaired) electrons. The van der Waals surface area contributed by atoms with Gasteiger partial charge in [0.15, 0.2) is 21.5 Å². The van der Waals surface area contributed by atoms with E-state index < -0.39 is 49.0 Å². The van der Waals surface area contributed by atoms with Gasteiger partial charge in [-0.1, -0.05) is 0 Å². The van der Waals surface area contributed by atoms with E-state index in [4.69, 9.17) is 5.11 Å². The third-order valence-electron chi connectivity index (χ3n) is 2.24. The van der Waals surface area contributed by atoms with Gasteiger partial charge in [-0.05, 0) is 0 Å². The molecule has 0 fully saturated rings. The van der Waals surface area contributed by atoms with Crippen LogP contribution in [0, 0.1) is 17.5 Å². The molecule has 2 aromatic rings. The highest BCUT2D eigenvalue weighted by Gasteiger charge is 2.27. The first-order valence-corrected chi connectivity index (χ1v) is 7.43. The molecule has 0 amide bonds. The molecule has 0 spiro atoms. The topological polar surface area (TPSA) is 96.4 Å². The van der Waals surface area contributed by atoms with Crippen LogP contribution in [0.5, 0.6) is 0 Å². The Balaban J connectivity index is 2.45. The molecule has 6 nitrogen and oxygen atoms in total. The number of nitrogens with one attached hydrogen (secondary N) is 1. The molecule has 0 unspecified atom stereocenters. The molecule has 0 aliphatic heterocycles. The molecule has 2 N–H and O–H groups in total. The third kappa shape index (κ3) is 2.97. The second-order valence-corrected chi connectivity index (χ2v) is 6.38. The van der Waals surface area contributed by atoms with Gasteiger partial charge >= 0.3 is 5.97 Å². The fraction of sp³-hybridized carbons (Fsp3) is 0. The molecule has 0 aliphatic carbocycles. The summed E-state index contributed by atoms with van der Waals surface area (Å²) >= 11 is 0.485. The lowest BCUT2D eigenvalue weighted by Crippen LogP contribution is -2.16. The van der Waals surface area contributed by atoms with Crippen molar-refractivity contribution in [1.82, 2.24) is 4.98 Å². The molecule has 0 saturated heterocycles. The van der Waals surface area contributed by atoms with Crippen LogP contribution in [-0.4, -0.2) is 24.5 Å². The van der Waals surface area contributed by atoms with Crippen LogP contribution >= 0.6 is 11.3 Å². The van der Waals surface area contributed by atoms with Crippen LogP contribution in [0.1, 0.15) is 10.5 Å². The maximum Gasteiger partial charge on any atom is 0.356 e. The quantitative estimate of drug-likeness (QED) is 0.832. The summed E-state index contributed by atoms with van der Waals surface area (Å²) < 4.78 is 64.0. The molecule has 0 atom stereocenters. The van der Waals surface area contributed by atoms with Gasteiger partial charge in [0.2, 0.25) is 0 Å². The monoisotopic (exact) mass is 338 g/mol. The molecule has 1 heterocycles. The van der Waals surface area contributed by atoms with Crippen molar-refractivity contribution in [1.29, 1.82) is 0 Å². The van der Waals surface area contributed by atoms with Crippen LogP contribution in [0.15, 0.2) is 21.9 Å². The van der Waals surface area contributed by atoms with Crippen LogP contribution in [0.2, 0.25) is 0 Å². The first kappa shape index (κ1) is 15.3. The van der Waals surface area contributed by atoms with E-state index in [1.807, 2.05) is 0 Å². The number of benzene rings is 1. The maximum atomic E-state index is 13.4. The van der Waals surface area contributed by atoms with Crippen LogP contribution in [0.25, 0.3) is 0 Å². The van der Waals surface area contributed by atoms with Crippen LogP contribution in [0.4, 0.5) is 18.9 Å². The lowest BCUT2D eigenvalue weighted by atomic mass is 10.3. The summed E-state index contributed by atoms with van der Waals surface area (Å²) in [5, 5.41) is 8.79. The molecule has 1 aromatic heterocycles. The average molecular weight is 338 g/mol. The van der Waals surface area contributed by atoms with Gasteiger partial charge in [0.05, 0.1) is 11.2 Å². The van der Waals surface area contributed by atoms with E-state index in [1.54, 1.807) is 4.72 Å². The molecule has 1 aromatic carbocycles. The van der Waals surface area contributed by atoms with Crippen molar-refractivity contribution in [2.75, 3.05) is 4.72 Å². The fourth-order valence-corrected chi connectivity index (χ4v) is 3.56. The number of aromatic carboxylic acids is 1. The molecule has 11 heteroatoms. The predicted molar refractivity (Wildman–Crippen MR) is 66.2 cm³/mol. The number of carbonyl (C=O) groups is 1. The number of hydrogen-bond acceptors (Lipinski definition) is 5. The van der Waals surface area contributed by atoms with Crippen LogP contribution < -0.4 is 4.72 Å². The van der Waals surface area contributed by atoms with Crippen molar-refractivity contribution in [2.45, 2.75) is 4.21 Å². The highest BCUT2D eigenvalue weighted by Crippen LogP contribution is 2.25. The molecular weight excluding hydrogens is 333 g/mol. The van der Waals surface area contributed by atoms with E-state index >= 15 is 0 Å². The van der Waals surface area contributed by atoms with Crippen LogP contribution in [-0.2, 0) is 10.0 Å². The SMILES string of the molecule is O=C(O)c1ncsc1S(=O)(=O)Nc1cc(F)c(F)cc1F. The normalized spacial score (nSPS) is 11.4. The first-order chi connectivity index (χ1) is 9.72. The number of anilines is 1. The van der Waals surface area contributed by atoms with E-state index in [-0.39, 0.29) is 6.07 Å². The number of halogens is 3. The second-order valence-electron chi connectivity index (χ2n) is 3.65. The third-order valence-corrected chi connectivity index (χ3v) is 4.97. The van der Waals surface area contributed by atoms with Crippen molar-refractivity contribution in [3.8, 4) is 0 Å². The predicted octanol–water partition coefficient (Wildman–Crippen LogP) is 2.06. The minimum absolute atomic E-state index is 0.165. The summed E-state index contributed by atoms with van der Waals surface area (Å²) in [6, 6.07) is 0.474. The van der Waals surface area contributed by atoms with Gasteiger partial charge in [-0.25, -0.2) is 31.4 Å². The molecular formula is C10H5F3N2O4S2. The zero-order valence-corrected chi connectivity index (χ0v) is 11.4. The van der Waals surface area contributed by atoms with Gasteiger partial charge in [-0.15, -0.1) is 11.3 Å². The van der Waals surface area contributed by atoms with Gasteiger partial charge in [0, 0.05) is 12.1 Å². The van der Waals surface area contributed by atoms with Gasteiger partial charge < -0.3 is 5.11 Å². The van der Waals surface area contributed by atoms with E-state index in [0.717, 1.165) is 5.51 Å². The molecule has 21 heavy (non-hydrogen) atoms. The Morgan fingerprint density at radius 1 is 1.19 bits per heavy atom. The van der Waals surface area contributed by atoms with E-state index in [0.29, 0.717) is 17.4 Å². The smallest absolute Gasteiger partial charge is 0.356 e. The lowest BCUT2D eigenvalue weighted by molar-refractivity contribution is 0.0687. The Labute approximate surface area is 119 Å². The van der Waals surface area contributed by atoms with Crippen molar-refractivity contribution < 1.29 is 31.5 Å². The van der Waals surface area contributed by atoms with Gasteiger partial charge in [0.25, 0.3) is 10.0 Å². The zero-order valence-electron chi connectivity index (χ0n) is 9.80. The Kier molecular flexibility index (Phi) is 3.87. The van der Waals surface area contributed by atoms with Gasteiger partial charge in [-0.2, -0.15) is 0 Å². The standard InChI is InChI=1S/C10H5F3N2O4S2/c11-4-1-6(13)7(2-5(4)12)15-21(18,19)10-8(9(16)17)14-3-20-10/h1-3,15H,(H,16,17). The summed E-state index contributed by atoms with van der Waals surface area (Å²) in [6.45, 7) is 0. The summed E-state index contributed by atoms with van der Waals surface area (Å²) in [5.74, 6) is -5.89. The number of hydrogen-bond donors (Lipinski definition) is 2. The Hall–Kier alpha value is -2.14. The van der Waals surface area contributed by atoms with E-state index in [2.05, 4.69) is 4.98 Å². The number of rotatable bonds is 4. The molecule has 112 valence electrons. The summed E-state index contributed by atoms with van der Waals surface area (Å²) in [5.41, 5.74) is -0.631. The largest absolute Gasteiger partial charge is 0.476 e. The second kappa shape index (κ2) is 5.33. The lowest BCUT2D eigenvalue weighted by Gasteiger charge is -2.08. The molecule has 0 saturated carbocycles. The van der Waals surface area contributed by atoms with E-state index in [1.165, 1.54) is 0 Å². The number of carboxylic acids is 1. The zero-order chi connectivity index (χ0) is 15.8. The number of nitrogens with zero attached hydrogens (tertiary/aromatic N) is 1. The van der Waals surface area contributed by atoms with Crippen molar-refractivity contribution in [3.63, 3.8) is 0 Å². The van der Waals surface area contributed by atoms with E-state index in [9.17, 15) is 26.4 Å². The number of thiazole rings is 1.